The van der Waals surface area contributed by atoms with Crippen LogP contribution >= 0.6 is 0 Å². The van der Waals surface area contributed by atoms with Crippen LogP contribution < -0.4 is 10.1 Å². The third-order valence-corrected chi connectivity index (χ3v) is 3.09. The second kappa shape index (κ2) is 6.09. The lowest BCUT2D eigenvalue weighted by atomic mass is 10.2. The minimum absolute atomic E-state index is 0.243. The van der Waals surface area contributed by atoms with Gasteiger partial charge in [0.2, 0.25) is 5.95 Å². The molecule has 1 amide bonds. The summed E-state index contributed by atoms with van der Waals surface area (Å²) in [5.41, 5.74) is 1.39. The van der Waals surface area contributed by atoms with Crippen molar-refractivity contribution in [2.45, 2.75) is 0 Å². The van der Waals surface area contributed by atoms with Crippen LogP contribution in [0.4, 0.5) is 5.95 Å². The van der Waals surface area contributed by atoms with Gasteiger partial charge in [-0.25, -0.2) is 4.68 Å². The molecule has 22 heavy (non-hydrogen) atoms. The lowest BCUT2D eigenvalue weighted by Crippen LogP contribution is -2.13. The Morgan fingerprint density at radius 3 is 2.50 bits per heavy atom. The van der Waals surface area contributed by atoms with Crippen molar-refractivity contribution in [2.24, 2.45) is 0 Å². The molecule has 1 N–H and O–H groups in total. The van der Waals surface area contributed by atoms with Gasteiger partial charge in [0.1, 0.15) is 12.1 Å². The summed E-state index contributed by atoms with van der Waals surface area (Å²) in [6, 6.07) is 16.3. The van der Waals surface area contributed by atoms with E-state index in [4.69, 9.17) is 4.74 Å². The molecule has 1 heterocycles. The number of hydrogen-bond acceptors (Lipinski definition) is 4. The van der Waals surface area contributed by atoms with Crippen molar-refractivity contribution in [3.05, 3.63) is 66.5 Å². The van der Waals surface area contributed by atoms with Crippen LogP contribution in [-0.4, -0.2) is 27.8 Å². The van der Waals surface area contributed by atoms with E-state index in [1.54, 1.807) is 42.4 Å². The number of benzene rings is 2. The number of nitrogens with one attached hydrogen (secondary N) is 1. The molecule has 0 unspecified atom stereocenters. The molecule has 0 radical (unpaired) electrons. The lowest BCUT2D eigenvalue weighted by Gasteiger charge is -2.03. The molecular weight excluding hydrogens is 280 g/mol. The van der Waals surface area contributed by atoms with Crippen molar-refractivity contribution >= 4 is 11.9 Å². The van der Waals surface area contributed by atoms with Crippen molar-refractivity contribution in [2.75, 3.05) is 12.4 Å². The third-order valence-electron chi connectivity index (χ3n) is 3.09. The second-order valence-electron chi connectivity index (χ2n) is 4.53. The average Bonchev–Trinajstić information content (AvgIpc) is 3.04. The van der Waals surface area contributed by atoms with Crippen LogP contribution in [0, 0.1) is 0 Å². The van der Waals surface area contributed by atoms with Crippen molar-refractivity contribution < 1.29 is 9.53 Å². The molecule has 2 aromatic carbocycles. The Morgan fingerprint density at radius 2 is 1.82 bits per heavy atom. The van der Waals surface area contributed by atoms with E-state index in [1.165, 1.54) is 0 Å². The molecule has 0 spiro atoms. The molecule has 3 rings (SSSR count). The summed E-state index contributed by atoms with van der Waals surface area (Å²) in [6.45, 7) is 0. The van der Waals surface area contributed by atoms with E-state index in [-0.39, 0.29) is 11.9 Å². The number of carbonyl (C=O) groups is 1. The summed E-state index contributed by atoms with van der Waals surface area (Å²) in [4.78, 5) is 16.1. The summed E-state index contributed by atoms with van der Waals surface area (Å²) >= 11 is 0. The Kier molecular flexibility index (Phi) is 3.82. The number of hydrogen-bond donors (Lipinski definition) is 1. The van der Waals surface area contributed by atoms with Gasteiger partial charge in [-0.15, -0.1) is 5.10 Å². The first-order valence-electron chi connectivity index (χ1n) is 6.69. The summed E-state index contributed by atoms with van der Waals surface area (Å²) in [5, 5.41) is 6.90. The van der Waals surface area contributed by atoms with E-state index in [1.807, 2.05) is 30.3 Å². The first-order chi connectivity index (χ1) is 10.8. The lowest BCUT2D eigenvalue weighted by molar-refractivity contribution is 0.102. The van der Waals surface area contributed by atoms with E-state index in [9.17, 15) is 4.79 Å². The highest BCUT2D eigenvalue weighted by Gasteiger charge is 2.09. The fraction of sp³-hybridized carbons (Fsp3) is 0.0625. The van der Waals surface area contributed by atoms with Crippen molar-refractivity contribution in [1.82, 2.24) is 14.8 Å². The van der Waals surface area contributed by atoms with E-state index in [2.05, 4.69) is 15.4 Å². The number of anilines is 1. The van der Waals surface area contributed by atoms with Crippen LogP contribution in [0.25, 0.3) is 5.69 Å². The molecule has 1 aromatic heterocycles. The van der Waals surface area contributed by atoms with Crippen LogP contribution in [0.15, 0.2) is 60.9 Å². The molecule has 0 atom stereocenters. The zero-order valence-electron chi connectivity index (χ0n) is 11.9. The van der Waals surface area contributed by atoms with Crippen LogP contribution in [0.2, 0.25) is 0 Å². The van der Waals surface area contributed by atoms with Crippen LogP contribution in [0.3, 0.4) is 0 Å². The van der Waals surface area contributed by atoms with E-state index < -0.39 is 0 Å². The number of aromatic nitrogens is 3. The second-order valence-corrected chi connectivity index (χ2v) is 4.53. The Morgan fingerprint density at radius 1 is 1.09 bits per heavy atom. The van der Waals surface area contributed by atoms with Gasteiger partial charge in [-0.05, 0) is 36.4 Å². The minimum Gasteiger partial charge on any atom is -0.497 e. The molecular formula is C16H14N4O2. The van der Waals surface area contributed by atoms with Gasteiger partial charge in [0.15, 0.2) is 0 Å². The molecule has 0 aliphatic rings. The predicted molar refractivity (Wildman–Crippen MR) is 82.3 cm³/mol. The predicted octanol–water partition coefficient (Wildman–Crippen LogP) is 2.53. The summed E-state index contributed by atoms with van der Waals surface area (Å²) < 4.78 is 6.69. The maximum absolute atomic E-state index is 12.0. The topological polar surface area (TPSA) is 69.0 Å². The van der Waals surface area contributed by atoms with Crippen molar-refractivity contribution in [1.29, 1.82) is 0 Å². The normalized spacial score (nSPS) is 10.2. The molecule has 0 aliphatic heterocycles. The summed E-state index contributed by atoms with van der Waals surface area (Å²) in [6.07, 6.45) is 1.54. The first-order valence-corrected chi connectivity index (χ1v) is 6.69. The molecule has 0 saturated carbocycles. The number of amides is 1. The smallest absolute Gasteiger partial charge is 0.258 e. The highest BCUT2D eigenvalue weighted by atomic mass is 16.5. The summed E-state index contributed by atoms with van der Waals surface area (Å²) in [5.74, 6) is 0.777. The van der Waals surface area contributed by atoms with Crippen LogP contribution in [0.5, 0.6) is 5.75 Å². The van der Waals surface area contributed by atoms with Crippen molar-refractivity contribution in [3.8, 4) is 11.4 Å². The van der Waals surface area contributed by atoms with Gasteiger partial charge in [0.05, 0.1) is 12.8 Å². The third kappa shape index (κ3) is 2.95. The van der Waals surface area contributed by atoms with Crippen molar-refractivity contribution in [3.63, 3.8) is 0 Å². The molecule has 6 nitrogen and oxygen atoms in total. The molecule has 0 saturated heterocycles. The molecule has 110 valence electrons. The maximum Gasteiger partial charge on any atom is 0.258 e. The number of methoxy groups -OCH3 is 1. The average molecular weight is 294 g/mol. The SMILES string of the molecule is COc1ccc(-n2cnc(NC(=O)c3ccccc3)n2)cc1. The zero-order valence-corrected chi connectivity index (χ0v) is 11.9. The van der Waals surface area contributed by atoms with E-state index >= 15 is 0 Å². The fourth-order valence-electron chi connectivity index (χ4n) is 1.94. The van der Waals surface area contributed by atoms with Crippen LogP contribution in [0.1, 0.15) is 10.4 Å². The first kappa shape index (κ1) is 13.8. The van der Waals surface area contributed by atoms with Gasteiger partial charge in [0, 0.05) is 5.56 Å². The van der Waals surface area contributed by atoms with Gasteiger partial charge >= 0.3 is 0 Å². The zero-order chi connectivity index (χ0) is 15.4. The highest BCUT2D eigenvalue weighted by Crippen LogP contribution is 2.14. The van der Waals surface area contributed by atoms with Gasteiger partial charge in [-0.2, -0.15) is 4.98 Å². The Labute approximate surface area is 127 Å². The molecule has 0 fully saturated rings. The molecule has 0 aliphatic carbocycles. The van der Waals surface area contributed by atoms with E-state index in [0.717, 1.165) is 11.4 Å². The molecule has 3 aromatic rings. The highest BCUT2D eigenvalue weighted by molar-refractivity contribution is 6.03. The van der Waals surface area contributed by atoms with Crippen LogP contribution in [-0.2, 0) is 0 Å². The molecule has 6 heteroatoms. The maximum atomic E-state index is 12.0. The van der Waals surface area contributed by atoms with Gasteiger partial charge < -0.3 is 4.74 Å². The Bertz CT molecular complexity index is 766. The van der Waals surface area contributed by atoms with Gasteiger partial charge in [-0.1, -0.05) is 18.2 Å². The monoisotopic (exact) mass is 294 g/mol. The van der Waals surface area contributed by atoms with Gasteiger partial charge in [0.25, 0.3) is 5.91 Å². The largest absolute Gasteiger partial charge is 0.497 e. The molecule has 0 bridgehead atoms. The number of carbonyl (C=O) groups excluding carboxylic acids is 1. The Hall–Kier alpha value is -3.15. The standard InChI is InChI=1S/C16H14N4O2/c1-22-14-9-7-13(8-10-14)20-11-17-16(19-20)18-15(21)12-5-3-2-4-6-12/h2-11H,1H3,(H,18,19,21). The quantitative estimate of drug-likeness (QED) is 0.802. The minimum atomic E-state index is -0.243. The van der Waals surface area contributed by atoms with Gasteiger partial charge in [-0.3, -0.25) is 10.1 Å². The number of nitrogens with zero attached hydrogens (tertiary/aromatic N) is 3. The Balaban J connectivity index is 1.74. The number of ether oxygens (including phenoxy) is 1. The summed E-state index contributed by atoms with van der Waals surface area (Å²) in [7, 11) is 1.61. The van der Waals surface area contributed by atoms with E-state index in [0.29, 0.717) is 5.56 Å². The fourth-order valence-corrected chi connectivity index (χ4v) is 1.94. The number of rotatable bonds is 4.